The molecule has 0 spiro atoms. The first-order chi connectivity index (χ1) is 12.0. The van der Waals surface area contributed by atoms with Crippen LogP contribution >= 0.6 is 23.2 Å². The average Bonchev–Trinajstić information content (AvgIpc) is 2.54. The van der Waals surface area contributed by atoms with Crippen molar-refractivity contribution >= 4 is 29.2 Å². The Kier molecular flexibility index (Phi) is 5.84. The van der Waals surface area contributed by atoms with E-state index in [9.17, 15) is 9.90 Å². The summed E-state index contributed by atoms with van der Waals surface area (Å²) in [5.41, 5.74) is 0.797. The molecule has 1 aliphatic rings. The second kappa shape index (κ2) is 8.09. The van der Waals surface area contributed by atoms with Crippen molar-refractivity contribution in [1.29, 1.82) is 0 Å². The van der Waals surface area contributed by atoms with Crippen molar-refractivity contribution < 1.29 is 19.4 Å². The van der Waals surface area contributed by atoms with Gasteiger partial charge in [0, 0.05) is 22.0 Å². The van der Waals surface area contributed by atoms with Crippen molar-refractivity contribution in [2.24, 2.45) is 0 Å². The van der Waals surface area contributed by atoms with E-state index in [1.165, 1.54) is 0 Å². The molecule has 6 heteroatoms. The van der Waals surface area contributed by atoms with Crippen molar-refractivity contribution in [3.05, 3.63) is 58.1 Å². The Morgan fingerprint density at radius 1 is 1.20 bits per heavy atom. The van der Waals surface area contributed by atoms with E-state index in [0.717, 1.165) is 5.56 Å². The number of para-hydroxylation sites is 1. The van der Waals surface area contributed by atoms with Gasteiger partial charge in [0.15, 0.2) is 0 Å². The molecule has 1 heterocycles. The Hall–Kier alpha value is -1.75. The Bertz CT molecular complexity index is 749. The lowest BCUT2D eigenvalue weighted by molar-refractivity contribution is -0.160. The van der Waals surface area contributed by atoms with Crippen LogP contribution in [0.25, 0.3) is 0 Å². The first-order valence-electron chi connectivity index (χ1n) is 8.09. The summed E-state index contributed by atoms with van der Waals surface area (Å²) in [6.45, 7) is 0. The molecule has 0 bridgehead atoms. The molecule has 2 atom stereocenters. The minimum Gasteiger partial charge on any atom is -0.462 e. The predicted molar refractivity (Wildman–Crippen MR) is 96.4 cm³/mol. The summed E-state index contributed by atoms with van der Waals surface area (Å²) >= 11 is 12.5. The van der Waals surface area contributed by atoms with E-state index in [4.69, 9.17) is 32.7 Å². The number of hydrogen-bond acceptors (Lipinski definition) is 4. The Labute approximate surface area is 156 Å². The molecule has 25 heavy (non-hydrogen) atoms. The molecular weight excluding hydrogens is 363 g/mol. The molecule has 0 amide bonds. The molecular formula is C19H18Cl2O4. The molecule has 1 N–H and O–H groups in total. The molecule has 0 aromatic heterocycles. The van der Waals surface area contributed by atoms with Gasteiger partial charge in [0.2, 0.25) is 0 Å². The smallest absolute Gasteiger partial charge is 0.308 e. The van der Waals surface area contributed by atoms with Gasteiger partial charge in [-0.15, -0.1) is 0 Å². The maximum absolute atomic E-state index is 11.5. The van der Waals surface area contributed by atoms with E-state index >= 15 is 0 Å². The fourth-order valence-corrected chi connectivity index (χ4v) is 3.44. The molecule has 1 fully saturated rings. The zero-order valence-corrected chi connectivity index (χ0v) is 15.0. The number of halogens is 2. The van der Waals surface area contributed by atoms with Crippen molar-refractivity contribution in [2.75, 3.05) is 0 Å². The minimum absolute atomic E-state index is 0.0561. The highest BCUT2D eigenvalue weighted by Crippen LogP contribution is 2.35. The third-order valence-electron chi connectivity index (χ3n) is 4.04. The second-order valence-corrected chi connectivity index (χ2v) is 6.87. The van der Waals surface area contributed by atoms with Crippen molar-refractivity contribution in [1.82, 2.24) is 0 Å². The topological polar surface area (TPSA) is 55.8 Å². The lowest BCUT2D eigenvalue weighted by Crippen LogP contribution is -2.32. The largest absolute Gasteiger partial charge is 0.462 e. The fourth-order valence-electron chi connectivity index (χ4n) is 2.87. The number of rotatable bonds is 5. The standard InChI is InChI=1S/C19H18Cl2O4/c20-12-8-17(21)16(7-6-15-10-13(22)11-19(23)25-15)18(9-12)24-14-4-2-1-3-5-14/h1-5,8-9,13,15,22H,6-7,10-11H2/t13-,15?/m1/s1. The van der Waals surface area contributed by atoms with Gasteiger partial charge in [-0.2, -0.15) is 0 Å². The summed E-state index contributed by atoms with van der Waals surface area (Å²) in [6.07, 6.45) is 0.615. The molecule has 132 valence electrons. The molecule has 2 aromatic carbocycles. The van der Waals surface area contributed by atoms with Crippen LogP contribution in [0.15, 0.2) is 42.5 Å². The van der Waals surface area contributed by atoms with Gasteiger partial charge >= 0.3 is 5.97 Å². The van der Waals surface area contributed by atoms with Crippen LogP contribution < -0.4 is 4.74 Å². The van der Waals surface area contributed by atoms with Crippen LogP contribution in [0.4, 0.5) is 0 Å². The number of hydrogen-bond donors (Lipinski definition) is 1. The minimum atomic E-state index is -0.646. The van der Waals surface area contributed by atoms with E-state index in [1.807, 2.05) is 30.3 Å². The number of carbonyl (C=O) groups excluding carboxylic acids is 1. The number of cyclic esters (lactones) is 1. The highest BCUT2D eigenvalue weighted by atomic mass is 35.5. The highest BCUT2D eigenvalue weighted by molar-refractivity contribution is 6.35. The molecule has 1 aliphatic heterocycles. The molecule has 0 aliphatic carbocycles. The van der Waals surface area contributed by atoms with Crippen LogP contribution in [0, 0.1) is 0 Å². The second-order valence-electron chi connectivity index (χ2n) is 6.02. The van der Waals surface area contributed by atoms with Crippen LogP contribution in [-0.2, 0) is 16.0 Å². The Balaban J connectivity index is 1.76. The summed E-state index contributed by atoms with van der Waals surface area (Å²) in [7, 11) is 0. The van der Waals surface area contributed by atoms with Gasteiger partial charge in [-0.25, -0.2) is 0 Å². The maximum atomic E-state index is 11.5. The van der Waals surface area contributed by atoms with Gasteiger partial charge in [0.05, 0.1) is 12.5 Å². The summed E-state index contributed by atoms with van der Waals surface area (Å²) < 4.78 is 11.2. The third-order valence-corrected chi connectivity index (χ3v) is 4.60. The first kappa shape index (κ1) is 18.1. The van der Waals surface area contributed by atoms with E-state index in [0.29, 0.717) is 40.8 Å². The number of carbonyl (C=O) groups is 1. The normalized spacial score (nSPS) is 20.2. The summed E-state index contributed by atoms with van der Waals surface area (Å²) in [5, 5.41) is 10.7. The zero-order valence-electron chi connectivity index (χ0n) is 13.5. The van der Waals surface area contributed by atoms with Crippen LogP contribution in [0.1, 0.15) is 24.8 Å². The number of ether oxygens (including phenoxy) is 2. The molecule has 0 radical (unpaired) electrons. The van der Waals surface area contributed by atoms with E-state index in [-0.39, 0.29) is 18.5 Å². The number of aliphatic hydroxyl groups excluding tert-OH is 1. The van der Waals surface area contributed by atoms with Gasteiger partial charge < -0.3 is 14.6 Å². The lowest BCUT2D eigenvalue weighted by atomic mass is 9.99. The molecule has 4 nitrogen and oxygen atoms in total. The summed E-state index contributed by atoms with van der Waals surface area (Å²) in [5.74, 6) is 0.889. The molecule has 1 saturated heterocycles. The quantitative estimate of drug-likeness (QED) is 0.757. The van der Waals surface area contributed by atoms with Gasteiger partial charge in [-0.1, -0.05) is 41.4 Å². The molecule has 2 aromatic rings. The lowest BCUT2D eigenvalue weighted by Gasteiger charge is -2.26. The Morgan fingerprint density at radius 2 is 1.96 bits per heavy atom. The molecule has 3 rings (SSSR count). The maximum Gasteiger partial charge on any atom is 0.308 e. The van der Waals surface area contributed by atoms with Crippen molar-refractivity contribution in [3.63, 3.8) is 0 Å². The average molecular weight is 381 g/mol. The molecule has 1 unspecified atom stereocenters. The first-order valence-corrected chi connectivity index (χ1v) is 8.85. The van der Waals surface area contributed by atoms with Gasteiger partial charge in [-0.05, 0) is 37.1 Å². The number of esters is 1. The predicted octanol–water partition coefficient (Wildman–Crippen LogP) is 4.78. The molecule has 0 saturated carbocycles. The number of benzene rings is 2. The summed E-state index contributed by atoms with van der Waals surface area (Å²) in [4.78, 5) is 11.5. The van der Waals surface area contributed by atoms with Crippen LogP contribution in [-0.4, -0.2) is 23.3 Å². The highest BCUT2D eigenvalue weighted by Gasteiger charge is 2.27. The zero-order chi connectivity index (χ0) is 17.8. The fraction of sp³-hybridized carbons (Fsp3) is 0.316. The summed E-state index contributed by atoms with van der Waals surface area (Å²) in [6, 6.07) is 12.7. The van der Waals surface area contributed by atoms with Gasteiger partial charge in [0.25, 0.3) is 0 Å². The SMILES string of the molecule is O=C1C[C@H](O)CC(CCc2c(Cl)cc(Cl)cc2Oc2ccccc2)O1. The van der Waals surface area contributed by atoms with Crippen LogP contribution in [0.5, 0.6) is 11.5 Å². The Morgan fingerprint density at radius 3 is 2.68 bits per heavy atom. The van der Waals surface area contributed by atoms with Crippen LogP contribution in [0.3, 0.4) is 0 Å². The van der Waals surface area contributed by atoms with Crippen molar-refractivity contribution in [3.8, 4) is 11.5 Å². The van der Waals surface area contributed by atoms with E-state index in [1.54, 1.807) is 12.1 Å². The third kappa shape index (κ3) is 4.88. The number of aliphatic hydroxyl groups is 1. The van der Waals surface area contributed by atoms with Crippen LogP contribution in [0.2, 0.25) is 10.0 Å². The van der Waals surface area contributed by atoms with Gasteiger partial charge in [-0.3, -0.25) is 4.79 Å². The van der Waals surface area contributed by atoms with Crippen molar-refractivity contribution in [2.45, 2.75) is 37.9 Å². The van der Waals surface area contributed by atoms with E-state index in [2.05, 4.69) is 0 Å². The van der Waals surface area contributed by atoms with E-state index < -0.39 is 6.10 Å². The monoisotopic (exact) mass is 380 g/mol. The van der Waals surface area contributed by atoms with Gasteiger partial charge in [0.1, 0.15) is 17.6 Å².